The molecule has 14 aromatic rings. The molecule has 0 saturated heterocycles. The van der Waals surface area contributed by atoms with E-state index in [0.717, 1.165) is 55.8 Å². The molecular formula is C63H39N5S. The lowest BCUT2D eigenvalue weighted by Gasteiger charge is -2.12. The van der Waals surface area contributed by atoms with Crippen molar-refractivity contribution in [2.75, 3.05) is 0 Å². The summed E-state index contributed by atoms with van der Waals surface area (Å²) in [4.78, 5) is 15.8. The maximum Gasteiger partial charge on any atom is 0.164 e. The first kappa shape index (κ1) is 39.2. The van der Waals surface area contributed by atoms with Crippen LogP contribution < -0.4 is 0 Å². The van der Waals surface area contributed by atoms with Gasteiger partial charge in [-0.05, 0) is 70.8 Å². The number of aromatic nitrogens is 5. The second kappa shape index (κ2) is 15.8. The van der Waals surface area contributed by atoms with E-state index in [0.29, 0.717) is 17.5 Å². The first-order valence-corrected chi connectivity index (χ1v) is 24.1. The lowest BCUT2D eigenvalue weighted by atomic mass is 10.0. The van der Waals surface area contributed by atoms with Crippen molar-refractivity contribution < 1.29 is 0 Å². The summed E-state index contributed by atoms with van der Waals surface area (Å²) in [6.45, 7) is 0. The van der Waals surface area contributed by atoms with E-state index in [-0.39, 0.29) is 0 Å². The van der Waals surface area contributed by atoms with Crippen molar-refractivity contribution in [1.29, 1.82) is 0 Å². The van der Waals surface area contributed by atoms with Crippen LogP contribution in [0, 0.1) is 0 Å². The Labute approximate surface area is 401 Å². The summed E-state index contributed by atoms with van der Waals surface area (Å²) in [7, 11) is 0. The van der Waals surface area contributed by atoms with Crippen molar-refractivity contribution in [1.82, 2.24) is 24.1 Å². The van der Waals surface area contributed by atoms with Crippen molar-refractivity contribution in [3.63, 3.8) is 0 Å². The lowest BCUT2D eigenvalue weighted by molar-refractivity contribution is 1.07. The topological polar surface area (TPSA) is 48.5 Å². The fourth-order valence-corrected chi connectivity index (χ4v) is 11.8. The number of para-hydroxylation sites is 3. The SMILES string of the molecule is c1ccc(-c2cccc(-c3nc(-c4cccc(-c5ccccc5)c4)nc(-c4cccc(-n5c6ccccc6c6ccc7c8ccc9c%10ccccc%10n(-c%10ccccc%10)c9c8sc7c65)c4)n3)c2)cc1. The molecule has 5 nitrogen and oxygen atoms in total. The third-order valence-electron chi connectivity index (χ3n) is 13.5. The highest BCUT2D eigenvalue weighted by Gasteiger charge is 2.22. The van der Waals surface area contributed by atoms with E-state index in [1.54, 1.807) is 0 Å². The Morgan fingerprint density at radius 1 is 0.261 bits per heavy atom. The van der Waals surface area contributed by atoms with Gasteiger partial charge in [-0.1, -0.05) is 188 Å². The van der Waals surface area contributed by atoms with E-state index in [1.807, 2.05) is 23.5 Å². The highest BCUT2D eigenvalue weighted by molar-refractivity contribution is 7.27. The normalized spacial score (nSPS) is 11.8. The van der Waals surface area contributed by atoms with Gasteiger partial charge in [0.25, 0.3) is 0 Å². The molecule has 322 valence electrons. The Hall–Kier alpha value is -8.97. The molecule has 69 heavy (non-hydrogen) atoms. The van der Waals surface area contributed by atoms with Crippen LogP contribution in [0.25, 0.3) is 132 Å². The molecule has 0 unspecified atom stereocenters. The van der Waals surface area contributed by atoms with Crippen molar-refractivity contribution in [3.8, 4) is 67.8 Å². The molecule has 0 amide bonds. The molecular weight excluding hydrogens is 859 g/mol. The Morgan fingerprint density at radius 2 is 0.623 bits per heavy atom. The van der Waals surface area contributed by atoms with Gasteiger partial charge in [-0.3, -0.25) is 0 Å². The Bertz CT molecular complexity index is 4200. The van der Waals surface area contributed by atoms with E-state index >= 15 is 0 Å². The molecule has 0 bridgehead atoms. The predicted octanol–water partition coefficient (Wildman–Crippen LogP) is 16.8. The molecule has 0 aliphatic rings. The first-order valence-electron chi connectivity index (χ1n) is 23.3. The highest BCUT2D eigenvalue weighted by Crippen LogP contribution is 2.47. The summed E-state index contributed by atoms with van der Waals surface area (Å²) in [5, 5.41) is 7.44. The van der Waals surface area contributed by atoms with Gasteiger partial charge in [-0.15, -0.1) is 11.3 Å². The molecule has 0 aliphatic heterocycles. The zero-order valence-corrected chi connectivity index (χ0v) is 38.0. The molecule has 0 spiro atoms. The molecule has 0 N–H and O–H groups in total. The van der Waals surface area contributed by atoms with Gasteiger partial charge in [0, 0.05) is 60.4 Å². The van der Waals surface area contributed by atoms with Crippen LogP contribution >= 0.6 is 11.3 Å². The summed E-state index contributed by atoms with van der Waals surface area (Å²) in [5.74, 6) is 1.84. The van der Waals surface area contributed by atoms with E-state index in [1.165, 1.54) is 58.3 Å². The van der Waals surface area contributed by atoms with Crippen molar-refractivity contribution in [3.05, 3.63) is 237 Å². The van der Waals surface area contributed by atoms with Crippen molar-refractivity contribution in [2.24, 2.45) is 0 Å². The molecule has 10 aromatic carbocycles. The van der Waals surface area contributed by atoms with E-state index < -0.39 is 0 Å². The molecule has 0 atom stereocenters. The lowest BCUT2D eigenvalue weighted by Crippen LogP contribution is -2.01. The first-order chi connectivity index (χ1) is 34.2. The van der Waals surface area contributed by atoms with Gasteiger partial charge in [-0.25, -0.2) is 15.0 Å². The maximum atomic E-state index is 5.29. The van der Waals surface area contributed by atoms with Crippen LogP contribution in [0.1, 0.15) is 0 Å². The van der Waals surface area contributed by atoms with Crippen LogP contribution in [0.2, 0.25) is 0 Å². The smallest absolute Gasteiger partial charge is 0.164 e. The predicted molar refractivity (Wildman–Crippen MR) is 289 cm³/mol. The number of hydrogen-bond donors (Lipinski definition) is 0. The molecule has 0 fully saturated rings. The minimum Gasteiger partial charge on any atom is -0.308 e. The van der Waals surface area contributed by atoms with Gasteiger partial charge < -0.3 is 9.13 Å². The number of thiophene rings is 1. The third-order valence-corrected chi connectivity index (χ3v) is 14.8. The van der Waals surface area contributed by atoms with Gasteiger partial charge >= 0.3 is 0 Å². The molecule has 14 rings (SSSR count). The van der Waals surface area contributed by atoms with Crippen LogP contribution in [-0.4, -0.2) is 24.1 Å². The van der Waals surface area contributed by atoms with Gasteiger partial charge in [0.2, 0.25) is 0 Å². The quantitative estimate of drug-likeness (QED) is 0.160. The average molecular weight is 898 g/mol. The summed E-state index contributed by atoms with van der Waals surface area (Å²) >= 11 is 1.89. The summed E-state index contributed by atoms with van der Waals surface area (Å²) in [6.07, 6.45) is 0. The number of fused-ring (bicyclic) bond motifs is 11. The van der Waals surface area contributed by atoms with Gasteiger partial charge in [-0.2, -0.15) is 0 Å². The fourth-order valence-electron chi connectivity index (χ4n) is 10.4. The average Bonchev–Trinajstić information content (AvgIpc) is 4.10. The minimum absolute atomic E-state index is 0.607. The zero-order chi connectivity index (χ0) is 45.4. The molecule has 4 heterocycles. The summed E-state index contributed by atoms with van der Waals surface area (Å²) < 4.78 is 7.43. The minimum atomic E-state index is 0.607. The fraction of sp³-hybridized carbons (Fsp3) is 0. The van der Waals surface area contributed by atoms with Crippen molar-refractivity contribution in [2.45, 2.75) is 0 Å². The number of benzene rings is 10. The number of hydrogen-bond acceptors (Lipinski definition) is 4. The summed E-state index contributed by atoms with van der Waals surface area (Å²) in [5.41, 5.74) is 14.2. The Kier molecular flexibility index (Phi) is 9.00. The van der Waals surface area contributed by atoms with Crippen LogP contribution in [0.3, 0.4) is 0 Å². The largest absolute Gasteiger partial charge is 0.308 e. The van der Waals surface area contributed by atoms with E-state index in [4.69, 9.17) is 15.0 Å². The Morgan fingerprint density at radius 3 is 1.13 bits per heavy atom. The second-order valence-electron chi connectivity index (χ2n) is 17.6. The number of rotatable bonds is 7. The number of nitrogens with zero attached hydrogens (tertiary/aromatic N) is 5. The van der Waals surface area contributed by atoms with E-state index in [2.05, 4.69) is 234 Å². The van der Waals surface area contributed by atoms with Gasteiger partial charge in [0.1, 0.15) is 0 Å². The van der Waals surface area contributed by atoms with Gasteiger partial charge in [0.05, 0.1) is 31.5 Å². The van der Waals surface area contributed by atoms with Gasteiger partial charge in [0.15, 0.2) is 17.5 Å². The monoisotopic (exact) mass is 897 g/mol. The second-order valence-corrected chi connectivity index (χ2v) is 18.6. The molecule has 6 heteroatoms. The van der Waals surface area contributed by atoms with Crippen LogP contribution in [-0.2, 0) is 0 Å². The van der Waals surface area contributed by atoms with E-state index in [9.17, 15) is 0 Å². The van der Waals surface area contributed by atoms with Crippen LogP contribution in [0.4, 0.5) is 0 Å². The van der Waals surface area contributed by atoms with Crippen molar-refractivity contribution >= 4 is 75.1 Å². The van der Waals surface area contributed by atoms with Crippen LogP contribution in [0.5, 0.6) is 0 Å². The molecule has 4 aromatic heterocycles. The zero-order valence-electron chi connectivity index (χ0n) is 37.2. The van der Waals surface area contributed by atoms with Crippen LogP contribution in [0.15, 0.2) is 237 Å². The highest BCUT2D eigenvalue weighted by atomic mass is 32.1. The summed E-state index contributed by atoms with van der Waals surface area (Å²) in [6, 6.07) is 84.2. The maximum absolute atomic E-state index is 5.29. The standard InChI is InChI=1S/C63H39N5S/c1-4-17-40(18-5-1)42-21-14-23-44(37-42)61-64-62(45-24-15-22-43(38-45)41-19-6-2-7-20-41)66-63(65-61)46-25-16-28-48(39-46)68-56-32-13-11-30-50(56)52-34-36-54-53-35-33-51-49-29-10-12-31-55(49)67(47-26-8-3-9-27-47)57(51)59(53)69-60(54)58(52)68/h1-39H. The third kappa shape index (κ3) is 6.41. The molecule has 0 saturated carbocycles. The molecule has 0 radical (unpaired) electrons. The molecule has 0 aliphatic carbocycles. The Balaban J connectivity index is 0.987.